The Labute approximate surface area is 168 Å². The van der Waals surface area contributed by atoms with Gasteiger partial charge in [0.05, 0.1) is 5.56 Å². The fourth-order valence-electron chi connectivity index (χ4n) is 3.36. The minimum Gasteiger partial charge on any atom is -0.481 e. The molecule has 3 rings (SSSR count). The fraction of sp³-hybridized carbons (Fsp3) is 0.409. The number of aryl methyl sites for hydroxylation is 2. The molecule has 1 heterocycles. The second-order valence-electron chi connectivity index (χ2n) is 7.37. The van der Waals surface area contributed by atoms with Crippen molar-refractivity contribution in [1.82, 2.24) is 4.90 Å². The molecule has 1 aliphatic heterocycles. The van der Waals surface area contributed by atoms with Gasteiger partial charge in [0.2, 0.25) is 0 Å². The summed E-state index contributed by atoms with van der Waals surface area (Å²) in [6, 6.07) is 11.0. The minimum absolute atomic E-state index is 0.119. The first-order chi connectivity index (χ1) is 13.6. The van der Waals surface area contributed by atoms with Crippen LogP contribution in [0.5, 0.6) is 5.75 Å². The molecule has 0 spiro atoms. The first-order valence-electron chi connectivity index (χ1n) is 9.60. The van der Waals surface area contributed by atoms with Gasteiger partial charge in [0, 0.05) is 31.9 Å². The lowest BCUT2D eigenvalue weighted by Crippen LogP contribution is -2.52. The van der Waals surface area contributed by atoms with Gasteiger partial charge in [-0.2, -0.15) is 13.2 Å². The molecule has 1 amide bonds. The summed E-state index contributed by atoms with van der Waals surface area (Å²) in [6.07, 6.45) is -4.99. The number of halogens is 3. The maximum absolute atomic E-state index is 12.9. The normalized spacial score (nSPS) is 15.9. The van der Waals surface area contributed by atoms with E-state index in [0.717, 1.165) is 23.3 Å². The molecule has 156 valence electrons. The summed E-state index contributed by atoms with van der Waals surface area (Å²) in [5.41, 5.74) is 2.11. The summed E-state index contributed by atoms with van der Waals surface area (Å²) in [4.78, 5) is 16.3. The molecule has 29 heavy (non-hydrogen) atoms. The summed E-state index contributed by atoms with van der Waals surface area (Å²) < 4.78 is 44.6. The third-order valence-corrected chi connectivity index (χ3v) is 5.27. The second-order valence-corrected chi connectivity index (χ2v) is 7.37. The Bertz CT molecular complexity index is 875. The first kappa shape index (κ1) is 21.0. The number of amides is 1. The van der Waals surface area contributed by atoms with Gasteiger partial charge in [-0.3, -0.25) is 4.79 Å². The highest BCUT2D eigenvalue weighted by Crippen LogP contribution is 2.32. The molecular formula is C22H25F3N2O2. The summed E-state index contributed by atoms with van der Waals surface area (Å²) in [6.45, 7) is 7.55. The van der Waals surface area contributed by atoms with E-state index in [1.54, 1.807) is 17.9 Å². The average Bonchev–Trinajstić information content (AvgIpc) is 2.70. The molecule has 1 aliphatic rings. The van der Waals surface area contributed by atoms with E-state index < -0.39 is 17.8 Å². The quantitative estimate of drug-likeness (QED) is 0.753. The van der Waals surface area contributed by atoms with Crippen LogP contribution in [0.2, 0.25) is 0 Å². The number of carbonyl (C=O) groups is 1. The van der Waals surface area contributed by atoms with E-state index in [0.29, 0.717) is 37.6 Å². The molecule has 0 bridgehead atoms. The average molecular weight is 406 g/mol. The Kier molecular flexibility index (Phi) is 6.05. The maximum atomic E-state index is 12.9. The molecule has 0 unspecified atom stereocenters. The van der Waals surface area contributed by atoms with Gasteiger partial charge in [-0.05, 0) is 62.2 Å². The molecule has 1 atom stereocenters. The molecular weight excluding hydrogens is 381 g/mol. The van der Waals surface area contributed by atoms with E-state index in [1.807, 2.05) is 36.9 Å². The second kappa shape index (κ2) is 8.35. The van der Waals surface area contributed by atoms with Gasteiger partial charge < -0.3 is 14.5 Å². The predicted molar refractivity (Wildman–Crippen MR) is 106 cm³/mol. The number of rotatable bonds is 4. The van der Waals surface area contributed by atoms with Gasteiger partial charge in [-0.15, -0.1) is 0 Å². The van der Waals surface area contributed by atoms with Gasteiger partial charge in [-0.1, -0.05) is 12.1 Å². The van der Waals surface area contributed by atoms with Crippen molar-refractivity contribution in [1.29, 1.82) is 0 Å². The largest absolute Gasteiger partial charge is 0.481 e. The zero-order chi connectivity index (χ0) is 21.2. The van der Waals surface area contributed by atoms with Crippen LogP contribution in [-0.4, -0.2) is 43.1 Å². The van der Waals surface area contributed by atoms with Crippen molar-refractivity contribution in [2.75, 3.05) is 31.1 Å². The molecule has 1 fully saturated rings. The van der Waals surface area contributed by atoms with Gasteiger partial charge in [0.15, 0.2) is 6.10 Å². The van der Waals surface area contributed by atoms with Crippen molar-refractivity contribution < 1.29 is 22.7 Å². The molecule has 0 N–H and O–H groups in total. The maximum Gasteiger partial charge on any atom is 0.416 e. The summed E-state index contributed by atoms with van der Waals surface area (Å²) in [5.74, 6) is 0.531. The molecule has 0 radical (unpaired) electrons. The summed E-state index contributed by atoms with van der Waals surface area (Å²) in [7, 11) is 0. The van der Waals surface area contributed by atoms with Crippen LogP contribution < -0.4 is 9.64 Å². The van der Waals surface area contributed by atoms with E-state index in [4.69, 9.17) is 4.74 Å². The molecule has 0 aliphatic carbocycles. The SMILES string of the molecule is Cc1ccc(O[C@@H](C)C(=O)N2CCN(c3cccc(C(F)(F)F)c3)CC2)cc1C. The molecule has 2 aromatic carbocycles. The predicted octanol–water partition coefficient (Wildman–Crippen LogP) is 4.44. The number of alkyl halides is 3. The smallest absolute Gasteiger partial charge is 0.416 e. The molecule has 7 heteroatoms. The number of piperazine rings is 1. The number of hydrogen-bond acceptors (Lipinski definition) is 3. The molecule has 2 aromatic rings. The van der Waals surface area contributed by atoms with Crippen LogP contribution in [0, 0.1) is 13.8 Å². The number of nitrogens with zero attached hydrogens (tertiary/aromatic N) is 2. The summed E-state index contributed by atoms with van der Waals surface area (Å²) in [5, 5.41) is 0. The van der Waals surface area contributed by atoms with Gasteiger partial charge >= 0.3 is 6.18 Å². The monoisotopic (exact) mass is 406 g/mol. The molecule has 0 saturated carbocycles. The van der Waals surface area contributed by atoms with Crippen LogP contribution in [0.4, 0.5) is 18.9 Å². The number of hydrogen-bond donors (Lipinski definition) is 0. The van der Waals surface area contributed by atoms with Crippen LogP contribution in [0.15, 0.2) is 42.5 Å². The number of ether oxygens (including phenoxy) is 1. The minimum atomic E-state index is -4.37. The van der Waals surface area contributed by atoms with Gasteiger partial charge in [0.25, 0.3) is 5.91 Å². The lowest BCUT2D eigenvalue weighted by atomic mass is 10.1. The highest BCUT2D eigenvalue weighted by atomic mass is 19.4. The van der Waals surface area contributed by atoms with Crippen LogP contribution in [0.3, 0.4) is 0 Å². The van der Waals surface area contributed by atoms with Crippen molar-refractivity contribution in [2.45, 2.75) is 33.1 Å². The van der Waals surface area contributed by atoms with E-state index in [9.17, 15) is 18.0 Å². The Morgan fingerprint density at radius 3 is 2.31 bits per heavy atom. The number of carbonyl (C=O) groups excluding carboxylic acids is 1. The third-order valence-electron chi connectivity index (χ3n) is 5.27. The third kappa shape index (κ3) is 5.02. The first-order valence-corrected chi connectivity index (χ1v) is 9.60. The fourth-order valence-corrected chi connectivity index (χ4v) is 3.36. The molecule has 4 nitrogen and oxygen atoms in total. The molecule has 0 aromatic heterocycles. The number of anilines is 1. The lowest BCUT2D eigenvalue weighted by molar-refractivity contribution is -0.138. The van der Waals surface area contributed by atoms with Gasteiger partial charge in [-0.25, -0.2) is 0 Å². The van der Waals surface area contributed by atoms with Crippen molar-refractivity contribution in [3.05, 3.63) is 59.2 Å². The van der Waals surface area contributed by atoms with Crippen molar-refractivity contribution in [3.8, 4) is 5.75 Å². The Balaban J connectivity index is 1.58. The highest BCUT2D eigenvalue weighted by Gasteiger charge is 2.31. The van der Waals surface area contributed by atoms with E-state index in [-0.39, 0.29) is 5.91 Å². The van der Waals surface area contributed by atoms with Crippen molar-refractivity contribution in [3.63, 3.8) is 0 Å². The van der Waals surface area contributed by atoms with Crippen molar-refractivity contribution >= 4 is 11.6 Å². The Morgan fingerprint density at radius 1 is 1.00 bits per heavy atom. The van der Waals surface area contributed by atoms with Crippen LogP contribution in [0.25, 0.3) is 0 Å². The lowest BCUT2D eigenvalue weighted by Gasteiger charge is -2.37. The van der Waals surface area contributed by atoms with E-state index in [2.05, 4.69) is 0 Å². The Hall–Kier alpha value is -2.70. The standard InChI is InChI=1S/C22H25F3N2O2/c1-15-7-8-20(13-16(15)2)29-17(3)21(28)27-11-9-26(10-12-27)19-6-4-5-18(14-19)22(23,24)25/h4-8,13-14,17H,9-12H2,1-3H3/t17-/m0/s1. The zero-order valence-corrected chi connectivity index (χ0v) is 16.8. The zero-order valence-electron chi connectivity index (χ0n) is 16.8. The Morgan fingerprint density at radius 2 is 1.69 bits per heavy atom. The van der Waals surface area contributed by atoms with Gasteiger partial charge in [0.1, 0.15) is 5.75 Å². The van der Waals surface area contributed by atoms with Crippen LogP contribution in [0.1, 0.15) is 23.6 Å². The van der Waals surface area contributed by atoms with Crippen molar-refractivity contribution in [2.24, 2.45) is 0 Å². The summed E-state index contributed by atoms with van der Waals surface area (Å²) >= 11 is 0. The van der Waals surface area contributed by atoms with Crippen LogP contribution >= 0.6 is 0 Å². The van der Waals surface area contributed by atoms with E-state index in [1.165, 1.54) is 6.07 Å². The topological polar surface area (TPSA) is 32.8 Å². The molecule has 1 saturated heterocycles. The van der Waals surface area contributed by atoms with E-state index >= 15 is 0 Å². The highest BCUT2D eigenvalue weighted by molar-refractivity contribution is 5.81. The number of benzene rings is 2. The van der Waals surface area contributed by atoms with Crippen LogP contribution in [-0.2, 0) is 11.0 Å².